The molecule has 0 aromatic carbocycles. The van der Waals surface area contributed by atoms with Crippen LogP contribution in [0.5, 0.6) is 0 Å². The van der Waals surface area contributed by atoms with E-state index in [2.05, 4.69) is 28.1 Å². The molecule has 0 bridgehead atoms. The summed E-state index contributed by atoms with van der Waals surface area (Å²) in [7, 11) is 6.54. The molecular formula is C5H15Cl2N. The minimum absolute atomic E-state index is 0. The van der Waals surface area contributed by atoms with Crippen LogP contribution in [0.3, 0.4) is 0 Å². The Hall–Kier alpha value is 0.540. The van der Waals surface area contributed by atoms with Crippen LogP contribution in [-0.4, -0.2) is 32.2 Å². The van der Waals surface area contributed by atoms with E-state index in [-0.39, 0.29) is 24.8 Å². The van der Waals surface area contributed by atoms with Gasteiger partial charge in [-0.3, -0.25) is 0 Å². The van der Waals surface area contributed by atoms with Crippen molar-refractivity contribution < 1.29 is 16.9 Å². The van der Waals surface area contributed by atoms with Crippen molar-refractivity contribution in [1.82, 2.24) is 0 Å². The summed E-state index contributed by atoms with van der Waals surface area (Å²) in [5.74, 6) is 0. The van der Waals surface area contributed by atoms with Gasteiger partial charge in [-0.25, -0.2) is 0 Å². The van der Waals surface area contributed by atoms with Crippen LogP contribution in [0.2, 0.25) is 0 Å². The van der Waals surface area contributed by atoms with E-state index in [0.717, 1.165) is 4.48 Å². The highest BCUT2D eigenvalue weighted by molar-refractivity contribution is 5.85. The summed E-state index contributed by atoms with van der Waals surface area (Å²) in [6.07, 6.45) is 0. The number of rotatable bonds is 1. The molecule has 0 unspecified atom stereocenters. The maximum Gasteiger partial charge on any atom is 0.0751 e. The van der Waals surface area contributed by atoms with Gasteiger partial charge in [0, 0.05) is 0 Å². The van der Waals surface area contributed by atoms with Crippen molar-refractivity contribution in [2.45, 2.75) is 6.92 Å². The molecule has 0 atom stereocenters. The van der Waals surface area contributed by atoms with Crippen molar-refractivity contribution in [3.05, 3.63) is 0 Å². The van der Waals surface area contributed by atoms with Crippen molar-refractivity contribution in [3.8, 4) is 0 Å². The average molecular weight is 160 g/mol. The highest BCUT2D eigenvalue weighted by Crippen LogP contribution is 1.83. The van der Waals surface area contributed by atoms with Gasteiger partial charge in [-0.15, -0.1) is 12.4 Å². The van der Waals surface area contributed by atoms with Crippen LogP contribution in [0, 0.1) is 0 Å². The molecule has 0 spiro atoms. The van der Waals surface area contributed by atoms with E-state index < -0.39 is 0 Å². The van der Waals surface area contributed by atoms with Crippen LogP contribution in [0.25, 0.3) is 0 Å². The Morgan fingerprint density at radius 1 is 1.12 bits per heavy atom. The highest BCUT2D eigenvalue weighted by Gasteiger charge is 1.97. The van der Waals surface area contributed by atoms with Gasteiger partial charge >= 0.3 is 0 Å². The third-order valence-corrected chi connectivity index (χ3v) is 0.949. The van der Waals surface area contributed by atoms with Crippen molar-refractivity contribution in [3.63, 3.8) is 0 Å². The van der Waals surface area contributed by atoms with Gasteiger partial charge in [-0.05, 0) is 6.92 Å². The molecule has 0 N–H and O–H groups in total. The standard InChI is InChI=1S/C5H14N.2ClH/c1-5-6(2,3)4;;/h5H2,1-4H3;2*1H/q+1;;/p-1. The Morgan fingerprint density at radius 2 is 1.25 bits per heavy atom. The second-order valence-corrected chi connectivity index (χ2v) is 2.61. The molecule has 0 aromatic rings. The molecule has 0 amide bonds. The largest absolute Gasteiger partial charge is 1.00 e. The van der Waals surface area contributed by atoms with E-state index in [1.165, 1.54) is 6.54 Å². The van der Waals surface area contributed by atoms with Crippen LogP contribution in [0.15, 0.2) is 0 Å². The Balaban J connectivity index is -0.000000125. The first-order valence-electron chi connectivity index (χ1n) is 2.36. The SMILES string of the molecule is CC[N+](C)(C)C.Cl.[Cl-]. The summed E-state index contributed by atoms with van der Waals surface area (Å²) in [5.41, 5.74) is 0. The quantitative estimate of drug-likeness (QED) is 0.394. The second kappa shape index (κ2) is 5.67. The highest BCUT2D eigenvalue weighted by atomic mass is 35.5. The Bertz CT molecular complexity index is 40.2. The molecule has 0 aliphatic carbocycles. The molecule has 0 saturated heterocycles. The molecular weight excluding hydrogens is 145 g/mol. The Morgan fingerprint density at radius 3 is 1.25 bits per heavy atom. The first-order valence-corrected chi connectivity index (χ1v) is 2.36. The maximum atomic E-state index is 2.18. The van der Waals surface area contributed by atoms with Gasteiger partial charge in [-0.2, -0.15) is 0 Å². The smallest absolute Gasteiger partial charge is 0.0751 e. The molecule has 0 aliphatic rings. The molecule has 0 heterocycles. The van der Waals surface area contributed by atoms with Crippen LogP contribution >= 0.6 is 12.4 Å². The first-order chi connectivity index (χ1) is 2.56. The lowest BCUT2D eigenvalue weighted by Crippen LogP contribution is -3.00. The number of halogens is 2. The zero-order chi connectivity index (χ0) is 5.21. The predicted molar refractivity (Wildman–Crippen MR) is 35.8 cm³/mol. The number of nitrogens with zero attached hydrogens (tertiary/aromatic N) is 1. The predicted octanol–water partition coefficient (Wildman–Crippen LogP) is -1.86. The minimum Gasteiger partial charge on any atom is -1.00 e. The van der Waals surface area contributed by atoms with Crippen LogP contribution in [0.1, 0.15) is 6.92 Å². The fourth-order valence-corrected chi connectivity index (χ4v) is 0. The van der Waals surface area contributed by atoms with Gasteiger partial charge in [0.05, 0.1) is 27.7 Å². The van der Waals surface area contributed by atoms with Crippen molar-refractivity contribution in [2.75, 3.05) is 27.7 Å². The molecule has 8 heavy (non-hydrogen) atoms. The summed E-state index contributed by atoms with van der Waals surface area (Å²) in [6.45, 7) is 3.39. The van der Waals surface area contributed by atoms with Crippen LogP contribution in [0.4, 0.5) is 0 Å². The van der Waals surface area contributed by atoms with E-state index in [4.69, 9.17) is 0 Å². The van der Waals surface area contributed by atoms with E-state index in [1.807, 2.05) is 0 Å². The summed E-state index contributed by atoms with van der Waals surface area (Å²) in [4.78, 5) is 0. The lowest BCUT2D eigenvalue weighted by Gasteiger charge is -2.20. The second-order valence-electron chi connectivity index (χ2n) is 2.61. The van der Waals surface area contributed by atoms with Crippen molar-refractivity contribution in [1.29, 1.82) is 0 Å². The normalized spacial score (nSPS) is 9.00. The molecule has 54 valence electrons. The molecule has 0 aromatic heterocycles. The third-order valence-electron chi connectivity index (χ3n) is 0.949. The molecule has 0 aliphatic heterocycles. The number of hydrogen-bond donors (Lipinski definition) is 0. The first kappa shape index (κ1) is 15.8. The monoisotopic (exact) mass is 159 g/mol. The molecule has 3 heteroatoms. The zero-order valence-electron chi connectivity index (χ0n) is 5.94. The summed E-state index contributed by atoms with van der Waals surface area (Å²) < 4.78 is 1.07. The van der Waals surface area contributed by atoms with Crippen LogP contribution in [-0.2, 0) is 0 Å². The topological polar surface area (TPSA) is 0 Å². The summed E-state index contributed by atoms with van der Waals surface area (Å²) >= 11 is 0. The molecule has 0 radical (unpaired) electrons. The third kappa shape index (κ3) is 16.0. The average Bonchev–Trinajstić information content (AvgIpc) is 1.35. The van der Waals surface area contributed by atoms with Gasteiger partial charge in [0.1, 0.15) is 0 Å². The lowest BCUT2D eigenvalue weighted by molar-refractivity contribution is -0.868. The van der Waals surface area contributed by atoms with Crippen molar-refractivity contribution in [2.24, 2.45) is 0 Å². The van der Waals surface area contributed by atoms with E-state index in [0.29, 0.717) is 0 Å². The molecule has 0 rings (SSSR count). The van der Waals surface area contributed by atoms with Crippen molar-refractivity contribution >= 4 is 12.4 Å². The van der Waals surface area contributed by atoms with Gasteiger partial charge in [0.15, 0.2) is 0 Å². The Kier molecular flexibility index (Phi) is 11.2. The van der Waals surface area contributed by atoms with E-state index in [9.17, 15) is 0 Å². The van der Waals surface area contributed by atoms with E-state index >= 15 is 0 Å². The number of hydrogen-bond acceptors (Lipinski definition) is 0. The molecule has 1 nitrogen and oxygen atoms in total. The molecule has 0 saturated carbocycles. The minimum atomic E-state index is 0. The zero-order valence-corrected chi connectivity index (χ0v) is 7.51. The Labute approximate surface area is 64.5 Å². The maximum absolute atomic E-state index is 2.18. The summed E-state index contributed by atoms with van der Waals surface area (Å²) in [6, 6.07) is 0. The molecule has 0 fully saturated rings. The van der Waals surface area contributed by atoms with E-state index in [1.54, 1.807) is 0 Å². The number of quaternary nitrogens is 1. The van der Waals surface area contributed by atoms with Gasteiger partial charge in [-0.1, -0.05) is 0 Å². The van der Waals surface area contributed by atoms with Gasteiger partial charge in [0.2, 0.25) is 0 Å². The lowest BCUT2D eigenvalue weighted by atomic mass is 10.6. The van der Waals surface area contributed by atoms with Crippen LogP contribution < -0.4 is 12.4 Å². The van der Waals surface area contributed by atoms with Gasteiger partial charge < -0.3 is 16.9 Å². The fraction of sp³-hybridized carbons (Fsp3) is 1.00. The van der Waals surface area contributed by atoms with Gasteiger partial charge in [0.25, 0.3) is 0 Å². The fourth-order valence-electron chi connectivity index (χ4n) is 0. The summed E-state index contributed by atoms with van der Waals surface area (Å²) in [5, 5.41) is 0.